The number of piperidine rings is 1. The van der Waals surface area contributed by atoms with Gasteiger partial charge < -0.3 is 19.8 Å². The Bertz CT molecular complexity index is 1120. The highest BCUT2D eigenvalue weighted by Crippen LogP contribution is 2.41. The summed E-state index contributed by atoms with van der Waals surface area (Å²) in [5, 5.41) is 24.4. The van der Waals surface area contributed by atoms with Crippen LogP contribution >= 0.6 is 34.7 Å². The van der Waals surface area contributed by atoms with Gasteiger partial charge in [-0.2, -0.15) is 0 Å². The normalized spacial score (nSPS) is 17.0. The van der Waals surface area contributed by atoms with Gasteiger partial charge in [0.05, 0.1) is 33.4 Å². The number of likely N-dealkylation sites (tertiary alicyclic amines) is 1. The summed E-state index contributed by atoms with van der Waals surface area (Å²) in [5.74, 6) is 0.868. The number of ether oxygens (including phenoxy) is 1. The van der Waals surface area contributed by atoms with Crippen LogP contribution in [0.4, 0.5) is 0 Å². The number of rotatable bonds is 10. The number of hydrogen-bond donors (Lipinski definition) is 2. The minimum Gasteiger partial charge on any atom is -0.497 e. The van der Waals surface area contributed by atoms with Crippen molar-refractivity contribution in [2.45, 2.75) is 36.0 Å². The summed E-state index contributed by atoms with van der Waals surface area (Å²) in [7, 11) is 1.58. The van der Waals surface area contributed by atoms with Gasteiger partial charge in [0.25, 0.3) is 0 Å². The molecular formula is C25H29ClN2O4S2. The van der Waals surface area contributed by atoms with Gasteiger partial charge in [0.2, 0.25) is 0 Å². The van der Waals surface area contributed by atoms with Gasteiger partial charge in [0.1, 0.15) is 5.75 Å². The van der Waals surface area contributed by atoms with E-state index in [0.29, 0.717) is 47.5 Å². The number of nitrogens with zero attached hydrogens (tertiary/aromatic N) is 2. The lowest BCUT2D eigenvalue weighted by molar-refractivity contribution is -0.153. The van der Waals surface area contributed by atoms with E-state index in [4.69, 9.17) is 16.3 Å². The number of hydrogen-bond acceptors (Lipinski definition) is 7. The number of aliphatic hydroxyl groups excluding tert-OH is 1. The van der Waals surface area contributed by atoms with Crippen LogP contribution in [0.5, 0.6) is 5.75 Å². The fourth-order valence-electron chi connectivity index (χ4n) is 4.59. The van der Waals surface area contributed by atoms with Crippen LogP contribution in [0.3, 0.4) is 0 Å². The number of carboxylic acid groups (broad SMARTS) is 1. The number of aromatic nitrogens is 1. The van der Waals surface area contributed by atoms with Crippen molar-refractivity contribution in [3.63, 3.8) is 0 Å². The first-order chi connectivity index (χ1) is 16.4. The molecule has 1 saturated heterocycles. The molecule has 3 heterocycles. The summed E-state index contributed by atoms with van der Waals surface area (Å²) in [6, 6.07) is 9.63. The number of thiophene rings is 1. The number of carbonyl (C=O) groups is 1. The Kier molecular flexibility index (Phi) is 8.37. The van der Waals surface area contributed by atoms with Gasteiger partial charge >= 0.3 is 5.97 Å². The van der Waals surface area contributed by atoms with E-state index in [1.165, 1.54) is 10.4 Å². The molecule has 1 fully saturated rings. The first-order valence-corrected chi connectivity index (χ1v) is 13.6. The number of pyridine rings is 1. The second-order valence-electron chi connectivity index (χ2n) is 8.67. The molecule has 0 bridgehead atoms. The van der Waals surface area contributed by atoms with Crippen molar-refractivity contribution in [1.29, 1.82) is 0 Å². The number of halogens is 1. The number of benzene rings is 1. The molecular weight excluding hydrogens is 492 g/mol. The molecule has 0 spiro atoms. The Labute approximate surface area is 212 Å². The van der Waals surface area contributed by atoms with E-state index in [0.717, 1.165) is 30.8 Å². The molecule has 182 valence electrons. The van der Waals surface area contributed by atoms with Gasteiger partial charge in [-0.1, -0.05) is 17.7 Å². The van der Waals surface area contributed by atoms with E-state index in [1.807, 2.05) is 30.0 Å². The van der Waals surface area contributed by atoms with Crippen LogP contribution in [0.15, 0.2) is 46.1 Å². The second-order valence-corrected chi connectivity index (χ2v) is 11.4. The molecule has 3 aromatic rings. The van der Waals surface area contributed by atoms with Gasteiger partial charge in [0.15, 0.2) is 0 Å². The van der Waals surface area contributed by atoms with Crippen molar-refractivity contribution >= 4 is 51.6 Å². The molecule has 0 aliphatic carbocycles. The Morgan fingerprint density at radius 2 is 2.15 bits per heavy atom. The molecule has 34 heavy (non-hydrogen) atoms. The van der Waals surface area contributed by atoms with Crippen LogP contribution in [-0.4, -0.2) is 58.6 Å². The minimum absolute atomic E-state index is 0.316. The first-order valence-electron chi connectivity index (χ1n) is 11.3. The molecule has 1 atom stereocenters. The van der Waals surface area contributed by atoms with E-state index in [9.17, 15) is 15.0 Å². The number of aliphatic hydroxyl groups is 1. The Morgan fingerprint density at radius 1 is 1.35 bits per heavy atom. The first kappa shape index (κ1) is 25.3. The monoisotopic (exact) mass is 520 g/mol. The number of methoxy groups -OCH3 is 1. The highest BCUT2D eigenvalue weighted by molar-refractivity contribution is 8.01. The summed E-state index contributed by atoms with van der Waals surface area (Å²) in [4.78, 5) is 19.0. The average molecular weight is 521 g/mol. The van der Waals surface area contributed by atoms with Gasteiger partial charge in [-0.15, -0.1) is 23.1 Å². The Hall–Kier alpha value is -1.84. The van der Waals surface area contributed by atoms with Crippen LogP contribution < -0.4 is 4.74 Å². The molecule has 0 amide bonds. The molecule has 0 saturated carbocycles. The summed E-state index contributed by atoms with van der Waals surface area (Å²) < 4.78 is 6.63. The third-order valence-corrected chi connectivity index (χ3v) is 9.12. The van der Waals surface area contributed by atoms with Gasteiger partial charge in [0, 0.05) is 29.4 Å². The molecule has 9 heteroatoms. The number of carboxylic acids is 1. The Balaban J connectivity index is 1.39. The Morgan fingerprint density at radius 3 is 2.82 bits per heavy atom. The predicted octanol–water partition coefficient (Wildman–Crippen LogP) is 5.73. The number of fused-ring (bicyclic) bond motifs is 1. The SMILES string of the molecule is COc1ccc2ncc(Cl)c([C@H](O)CCC3(C(=O)O)CCN(CCSc4cccs4)CC3)c2c1. The highest BCUT2D eigenvalue weighted by Gasteiger charge is 2.41. The van der Waals surface area contributed by atoms with E-state index in [1.54, 1.807) is 18.4 Å². The van der Waals surface area contributed by atoms with Gasteiger partial charge in [-0.25, -0.2) is 0 Å². The summed E-state index contributed by atoms with van der Waals surface area (Å²) in [6.45, 7) is 2.45. The molecule has 4 rings (SSSR count). The zero-order valence-corrected chi connectivity index (χ0v) is 21.5. The zero-order chi connectivity index (χ0) is 24.1. The molecule has 2 N–H and O–H groups in total. The third-order valence-electron chi connectivity index (χ3n) is 6.71. The molecule has 1 aliphatic rings. The topological polar surface area (TPSA) is 82.9 Å². The predicted molar refractivity (Wildman–Crippen MR) is 138 cm³/mol. The van der Waals surface area contributed by atoms with Crippen molar-refractivity contribution in [2.24, 2.45) is 5.41 Å². The quantitative estimate of drug-likeness (QED) is 0.330. The van der Waals surface area contributed by atoms with Crippen molar-refractivity contribution in [3.05, 3.63) is 52.5 Å². The molecule has 1 aromatic carbocycles. The second kappa shape index (κ2) is 11.3. The summed E-state index contributed by atoms with van der Waals surface area (Å²) >= 11 is 10.0. The minimum atomic E-state index is -0.887. The molecule has 0 unspecified atom stereocenters. The lowest BCUT2D eigenvalue weighted by Gasteiger charge is -2.39. The van der Waals surface area contributed by atoms with Crippen LogP contribution in [0, 0.1) is 5.41 Å². The van der Waals surface area contributed by atoms with Crippen LogP contribution in [0.2, 0.25) is 5.02 Å². The fraction of sp³-hybridized carbons (Fsp3) is 0.440. The maximum Gasteiger partial charge on any atom is 0.309 e. The van der Waals surface area contributed by atoms with Crippen molar-refractivity contribution in [1.82, 2.24) is 9.88 Å². The maximum atomic E-state index is 12.3. The fourth-order valence-corrected chi connectivity index (χ4v) is 6.73. The molecule has 2 aromatic heterocycles. The van der Waals surface area contributed by atoms with Crippen LogP contribution in [-0.2, 0) is 4.79 Å². The standard InChI is InChI=1S/C25H29ClN2O4S2/c1-32-17-4-5-20-18(15-17)23(19(26)16-27-20)21(29)6-7-25(24(30)31)8-10-28(11-9-25)12-14-34-22-3-2-13-33-22/h2-5,13,15-16,21,29H,6-12,14H2,1H3,(H,30,31)/t21-/m1/s1. The molecule has 0 radical (unpaired) electrons. The van der Waals surface area contributed by atoms with Crippen molar-refractivity contribution < 1.29 is 19.7 Å². The summed E-state index contributed by atoms with van der Waals surface area (Å²) in [5.41, 5.74) is 0.459. The highest BCUT2D eigenvalue weighted by atomic mass is 35.5. The van der Waals surface area contributed by atoms with E-state index in [2.05, 4.69) is 27.4 Å². The van der Waals surface area contributed by atoms with Gasteiger partial charge in [-0.05, 0) is 68.4 Å². The zero-order valence-electron chi connectivity index (χ0n) is 19.1. The number of thioether (sulfide) groups is 1. The number of aliphatic carboxylic acids is 1. The van der Waals surface area contributed by atoms with Crippen molar-refractivity contribution in [3.8, 4) is 5.75 Å². The molecule has 6 nitrogen and oxygen atoms in total. The van der Waals surface area contributed by atoms with Gasteiger partial charge in [-0.3, -0.25) is 9.78 Å². The van der Waals surface area contributed by atoms with E-state index >= 15 is 0 Å². The summed E-state index contributed by atoms with van der Waals surface area (Å²) in [6.07, 6.45) is 2.52. The smallest absolute Gasteiger partial charge is 0.309 e. The van der Waals surface area contributed by atoms with Crippen molar-refractivity contribution in [2.75, 3.05) is 32.5 Å². The third kappa shape index (κ3) is 5.69. The molecule has 1 aliphatic heterocycles. The van der Waals surface area contributed by atoms with E-state index < -0.39 is 17.5 Å². The lowest BCUT2D eigenvalue weighted by atomic mass is 9.74. The van der Waals surface area contributed by atoms with Crippen LogP contribution in [0.1, 0.15) is 37.4 Å². The van der Waals surface area contributed by atoms with E-state index in [-0.39, 0.29) is 0 Å². The maximum absolute atomic E-state index is 12.3. The average Bonchev–Trinajstić information content (AvgIpc) is 3.36. The largest absolute Gasteiger partial charge is 0.497 e. The lowest BCUT2D eigenvalue weighted by Crippen LogP contribution is -2.45. The van der Waals surface area contributed by atoms with Crippen LogP contribution in [0.25, 0.3) is 10.9 Å².